The van der Waals surface area contributed by atoms with Gasteiger partial charge in [0.25, 0.3) is 5.56 Å². The second-order valence-electron chi connectivity index (χ2n) is 8.25. The van der Waals surface area contributed by atoms with E-state index in [2.05, 4.69) is 4.98 Å². The van der Waals surface area contributed by atoms with Crippen molar-refractivity contribution in [2.45, 2.75) is 56.2 Å². The van der Waals surface area contributed by atoms with Gasteiger partial charge in [-0.3, -0.25) is 19.2 Å². The number of alkyl halides is 4. The number of nitrogens with zero attached hydrogens (tertiary/aromatic N) is 2. The highest BCUT2D eigenvalue weighted by Crippen LogP contribution is 2.45. The van der Waals surface area contributed by atoms with Crippen LogP contribution in [0.2, 0.25) is 0 Å². The van der Waals surface area contributed by atoms with Crippen LogP contribution in [0.3, 0.4) is 0 Å². The van der Waals surface area contributed by atoms with Gasteiger partial charge in [0.1, 0.15) is 17.8 Å². The maximum Gasteiger partial charge on any atom is 0.404 e. The molecule has 2 heterocycles. The van der Waals surface area contributed by atoms with Gasteiger partial charge in [-0.05, 0) is 12.8 Å². The third kappa shape index (κ3) is 3.16. The lowest BCUT2D eigenvalue weighted by molar-refractivity contribution is -0.161. The number of likely N-dealkylation sites (tertiary alicyclic amines) is 1. The number of H-pyrrole nitrogens is 1. The summed E-state index contributed by atoms with van der Waals surface area (Å²) in [5, 5.41) is 10.4. The molecule has 5 atom stereocenters. The summed E-state index contributed by atoms with van der Waals surface area (Å²) in [4.78, 5) is 27.8. The van der Waals surface area contributed by atoms with E-state index in [1.165, 1.54) is 11.5 Å². The van der Waals surface area contributed by atoms with Crippen molar-refractivity contribution in [3.05, 3.63) is 37.9 Å². The zero-order valence-corrected chi connectivity index (χ0v) is 15.9. The number of halogens is 5. The Bertz CT molecular complexity index is 1010. The van der Waals surface area contributed by atoms with Gasteiger partial charge >= 0.3 is 11.9 Å². The van der Waals surface area contributed by atoms with Crippen molar-refractivity contribution in [1.29, 1.82) is 0 Å². The highest BCUT2D eigenvalue weighted by Gasteiger charge is 2.52. The molecule has 0 radical (unpaired) electrons. The van der Waals surface area contributed by atoms with Gasteiger partial charge in [0.2, 0.25) is 0 Å². The van der Waals surface area contributed by atoms with E-state index in [0.29, 0.717) is 12.8 Å². The van der Waals surface area contributed by atoms with E-state index < -0.39 is 72.2 Å². The van der Waals surface area contributed by atoms with Crippen molar-refractivity contribution in [1.82, 2.24) is 14.5 Å². The average molecular weight is 436 g/mol. The second-order valence-corrected chi connectivity index (χ2v) is 8.25. The van der Waals surface area contributed by atoms with Gasteiger partial charge in [-0.2, -0.15) is 13.2 Å². The lowest BCUT2D eigenvalue weighted by Gasteiger charge is -2.37. The van der Waals surface area contributed by atoms with Gasteiger partial charge in [0.05, 0.1) is 6.04 Å². The molecule has 4 rings (SSSR count). The normalized spacial score (nSPS) is 31.2. The van der Waals surface area contributed by atoms with Crippen LogP contribution in [-0.2, 0) is 0 Å². The first-order valence-electron chi connectivity index (χ1n) is 9.61. The third-order valence-electron chi connectivity index (χ3n) is 6.27. The SMILES string of the molecule is CC1c2c(c(=O)[nH]c(=O)n2C2CC2)C(O)=C(F)C1N1CC(F)C(C(N)C(F)(F)F)C1. The minimum atomic E-state index is -4.81. The number of fused-ring (bicyclic) bond motifs is 1. The molecule has 30 heavy (non-hydrogen) atoms. The second kappa shape index (κ2) is 6.91. The van der Waals surface area contributed by atoms with E-state index in [1.54, 1.807) is 0 Å². The van der Waals surface area contributed by atoms with E-state index >= 15 is 4.39 Å². The van der Waals surface area contributed by atoms with Gasteiger partial charge < -0.3 is 10.8 Å². The summed E-state index contributed by atoms with van der Waals surface area (Å²) in [5.41, 5.74) is 3.26. The molecule has 3 aliphatic rings. The Hall–Kier alpha value is -2.21. The fraction of sp³-hybridized carbons (Fsp3) is 0.667. The van der Waals surface area contributed by atoms with Gasteiger partial charge in [0, 0.05) is 36.7 Å². The zero-order valence-electron chi connectivity index (χ0n) is 15.9. The minimum absolute atomic E-state index is 0.106. The number of aliphatic hydroxyl groups excluding tert-OH is 1. The molecule has 0 aromatic carbocycles. The molecule has 0 bridgehead atoms. The molecule has 166 valence electrons. The Morgan fingerprint density at radius 1 is 1.23 bits per heavy atom. The molecule has 1 saturated heterocycles. The molecule has 0 amide bonds. The van der Waals surface area contributed by atoms with Crippen LogP contribution in [0.15, 0.2) is 15.4 Å². The molecular formula is C18H21F5N4O3. The molecule has 7 nitrogen and oxygen atoms in total. The molecule has 1 aliphatic heterocycles. The maximum absolute atomic E-state index is 15.1. The molecule has 0 spiro atoms. The van der Waals surface area contributed by atoms with Crippen LogP contribution in [0.5, 0.6) is 0 Å². The predicted octanol–water partition coefficient (Wildman–Crippen LogP) is 1.71. The quantitative estimate of drug-likeness (QED) is 0.626. The van der Waals surface area contributed by atoms with E-state index in [0.717, 1.165) is 4.90 Å². The topological polar surface area (TPSA) is 104 Å². The maximum atomic E-state index is 15.1. The highest BCUT2D eigenvalue weighted by molar-refractivity contribution is 5.66. The summed E-state index contributed by atoms with van der Waals surface area (Å²) >= 11 is 0. The minimum Gasteiger partial charge on any atom is -0.504 e. The Morgan fingerprint density at radius 3 is 2.43 bits per heavy atom. The summed E-state index contributed by atoms with van der Waals surface area (Å²) in [6, 6.07) is -3.97. The largest absolute Gasteiger partial charge is 0.504 e. The number of nitrogens with two attached hydrogens (primary N) is 1. The molecule has 5 unspecified atom stereocenters. The summed E-state index contributed by atoms with van der Waals surface area (Å²) < 4.78 is 69.8. The Kier molecular flexibility index (Phi) is 4.84. The van der Waals surface area contributed by atoms with Crippen LogP contribution in [0.25, 0.3) is 5.76 Å². The van der Waals surface area contributed by atoms with Gasteiger partial charge in [-0.1, -0.05) is 6.92 Å². The van der Waals surface area contributed by atoms with Crippen molar-refractivity contribution in [3.63, 3.8) is 0 Å². The van der Waals surface area contributed by atoms with E-state index in [9.17, 15) is 32.3 Å². The zero-order chi connectivity index (χ0) is 22.1. The first-order chi connectivity index (χ1) is 13.9. The summed E-state index contributed by atoms with van der Waals surface area (Å²) in [6.07, 6.45) is -5.45. The van der Waals surface area contributed by atoms with E-state index in [1.807, 2.05) is 0 Å². The standard InChI is InChI=1S/C18H21F5N4O3/c1-6-12-10(16(29)25-17(30)27(12)7-2-3-7)14(28)11(20)13(6)26-4-8(9(19)5-26)15(24)18(21,22)23/h6-9,13,15,28H,2-5,24H2,1H3,(H,25,29,30). The number of aromatic amines is 1. The van der Waals surface area contributed by atoms with E-state index in [-0.39, 0.29) is 17.3 Å². The molecule has 4 N–H and O–H groups in total. The first-order valence-corrected chi connectivity index (χ1v) is 9.61. The number of hydrogen-bond acceptors (Lipinski definition) is 5. The van der Waals surface area contributed by atoms with Gasteiger partial charge in [-0.15, -0.1) is 0 Å². The lowest BCUT2D eigenvalue weighted by Crippen LogP contribution is -2.48. The summed E-state index contributed by atoms with van der Waals surface area (Å²) in [5.74, 6) is -4.62. The smallest absolute Gasteiger partial charge is 0.404 e. The van der Waals surface area contributed by atoms with Crippen LogP contribution in [0.4, 0.5) is 22.0 Å². The summed E-state index contributed by atoms with van der Waals surface area (Å²) in [7, 11) is 0. The van der Waals surface area contributed by atoms with Crippen molar-refractivity contribution in [2.24, 2.45) is 11.7 Å². The Labute approximate surface area is 167 Å². The van der Waals surface area contributed by atoms with Gasteiger partial charge in [0.15, 0.2) is 11.6 Å². The number of rotatable bonds is 3. The first kappa shape index (κ1) is 21.0. The lowest BCUT2D eigenvalue weighted by atomic mass is 9.85. The fourth-order valence-corrected chi connectivity index (χ4v) is 4.67. The average Bonchev–Trinajstić information content (AvgIpc) is 3.40. The van der Waals surface area contributed by atoms with Crippen molar-refractivity contribution in [2.75, 3.05) is 13.1 Å². The van der Waals surface area contributed by atoms with E-state index in [4.69, 9.17) is 5.73 Å². The Balaban J connectivity index is 1.76. The van der Waals surface area contributed by atoms with Crippen molar-refractivity contribution >= 4 is 5.76 Å². The summed E-state index contributed by atoms with van der Waals surface area (Å²) in [6.45, 7) is 0.498. The predicted molar refractivity (Wildman–Crippen MR) is 96.4 cm³/mol. The molecule has 2 fully saturated rings. The molecule has 1 aromatic heterocycles. The number of aliphatic hydroxyl groups is 1. The molecule has 1 aromatic rings. The number of aromatic nitrogens is 2. The molecule has 12 heteroatoms. The molecule has 2 aliphatic carbocycles. The van der Waals surface area contributed by atoms with Crippen LogP contribution in [0, 0.1) is 5.92 Å². The highest BCUT2D eigenvalue weighted by atomic mass is 19.4. The monoisotopic (exact) mass is 436 g/mol. The number of hydrogen-bond donors (Lipinski definition) is 3. The van der Waals surface area contributed by atoms with Crippen LogP contribution >= 0.6 is 0 Å². The third-order valence-corrected chi connectivity index (χ3v) is 6.27. The van der Waals surface area contributed by atoms with Crippen LogP contribution in [-0.4, -0.2) is 57.1 Å². The fourth-order valence-electron chi connectivity index (χ4n) is 4.67. The van der Waals surface area contributed by atoms with Gasteiger partial charge in [-0.25, -0.2) is 13.6 Å². The van der Waals surface area contributed by atoms with Crippen molar-refractivity contribution < 1.29 is 27.1 Å². The Morgan fingerprint density at radius 2 is 1.87 bits per heavy atom. The van der Waals surface area contributed by atoms with Crippen molar-refractivity contribution in [3.8, 4) is 0 Å². The number of nitrogens with one attached hydrogen (secondary N) is 1. The molecule has 1 saturated carbocycles. The van der Waals surface area contributed by atoms with Crippen LogP contribution in [0.1, 0.15) is 43.0 Å². The van der Waals surface area contributed by atoms with Crippen LogP contribution < -0.4 is 17.0 Å². The molecular weight excluding hydrogens is 415 g/mol.